The number of amides is 2. The minimum absolute atomic E-state index is 0.0145. The highest BCUT2D eigenvalue weighted by molar-refractivity contribution is 7.89. The van der Waals surface area contributed by atoms with Gasteiger partial charge < -0.3 is 14.5 Å². The maximum atomic E-state index is 13.1. The van der Waals surface area contributed by atoms with Crippen LogP contribution < -0.4 is 0 Å². The quantitative estimate of drug-likeness (QED) is 0.620. The van der Waals surface area contributed by atoms with Gasteiger partial charge in [-0.25, -0.2) is 8.42 Å². The van der Waals surface area contributed by atoms with E-state index >= 15 is 0 Å². The molecule has 3 heterocycles. The number of hydrogen-bond acceptors (Lipinski definition) is 6. The zero-order valence-electron chi connectivity index (χ0n) is 18.6. The van der Waals surface area contributed by atoms with E-state index in [0.29, 0.717) is 59.0 Å². The van der Waals surface area contributed by atoms with E-state index in [4.69, 9.17) is 4.74 Å². The Hall–Kier alpha value is -2.01. The molecule has 1 aromatic rings. The molecule has 4 rings (SSSR count). The van der Waals surface area contributed by atoms with Crippen LogP contribution >= 0.6 is 0 Å². The number of rotatable bonds is 5. The molecule has 0 unspecified atom stereocenters. The second kappa shape index (κ2) is 9.86. The lowest BCUT2D eigenvalue weighted by Gasteiger charge is -2.41. The summed E-state index contributed by atoms with van der Waals surface area (Å²) in [6.07, 6.45) is 1.42. The molecule has 0 aromatic heterocycles. The molecule has 3 aliphatic rings. The monoisotopic (exact) mass is 464 g/mol. The van der Waals surface area contributed by atoms with Crippen molar-refractivity contribution in [1.82, 2.24) is 19.0 Å². The Morgan fingerprint density at radius 2 is 1.56 bits per heavy atom. The van der Waals surface area contributed by atoms with Gasteiger partial charge in [0.25, 0.3) is 5.91 Å². The zero-order chi connectivity index (χ0) is 22.7. The molecule has 0 spiro atoms. The topological polar surface area (TPSA) is 90.5 Å². The molecule has 3 fully saturated rings. The van der Waals surface area contributed by atoms with Crippen molar-refractivity contribution < 1.29 is 22.7 Å². The van der Waals surface area contributed by atoms with Gasteiger partial charge in [-0.3, -0.25) is 14.5 Å². The Bertz CT molecular complexity index is 904. The largest absolute Gasteiger partial charge is 0.368 e. The van der Waals surface area contributed by atoms with Crippen molar-refractivity contribution in [3.63, 3.8) is 0 Å². The van der Waals surface area contributed by atoms with Crippen LogP contribution in [0.1, 0.15) is 19.8 Å². The van der Waals surface area contributed by atoms with Gasteiger partial charge in [0.2, 0.25) is 15.9 Å². The van der Waals surface area contributed by atoms with Crippen molar-refractivity contribution in [2.45, 2.75) is 36.8 Å². The normalized spacial score (nSPS) is 24.5. The summed E-state index contributed by atoms with van der Waals surface area (Å²) in [5, 5.41) is 0. The predicted molar refractivity (Wildman–Crippen MR) is 118 cm³/mol. The van der Waals surface area contributed by atoms with Gasteiger partial charge >= 0.3 is 0 Å². The summed E-state index contributed by atoms with van der Waals surface area (Å²) in [6.45, 7) is 6.38. The molecule has 10 heteroatoms. The number of hydrogen-bond donors (Lipinski definition) is 0. The summed E-state index contributed by atoms with van der Waals surface area (Å²) < 4.78 is 32.6. The summed E-state index contributed by atoms with van der Waals surface area (Å²) >= 11 is 0. The highest BCUT2D eigenvalue weighted by Gasteiger charge is 2.35. The molecule has 2 atom stereocenters. The van der Waals surface area contributed by atoms with Gasteiger partial charge in [0.05, 0.1) is 10.9 Å². The number of piperazine rings is 2. The van der Waals surface area contributed by atoms with Crippen LogP contribution in [-0.4, -0.2) is 110 Å². The molecule has 176 valence electrons. The lowest BCUT2D eigenvalue weighted by molar-refractivity contribution is -0.144. The Balaban J connectivity index is 1.27. The second-order valence-corrected chi connectivity index (χ2v) is 10.5. The number of sulfonamides is 1. The van der Waals surface area contributed by atoms with Crippen LogP contribution in [0.25, 0.3) is 0 Å². The van der Waals surface area contributed by atoms with Gasteiger partial charge in [-0.2, -0.15) is 4.31 Å². The first-order valence-corrected chi connectivity index (χ1v) is 12.8. The standard InChI is InChI=1S/C22H32N4O5S/c1-18(23-9-11-25(12-10-23)22(28)20-8-5-17-31-20)21(27)24-13-15-26(16-14-24)32(29,30)19-6-3-2-4-7-19/h2-4,6-7,18,20H,5,8-17H2,1H3/t18-,20-/m1/s1. The van der Waals surface area contributed by atoms with E-state index in [-0.39, 0.29) is 28.9 Å². The van der Waals surface area contributed by atoms with Gasteiger partial charge in [-0.05, 0) is 31.9 Å². The predicted octanol–water partition coefficient (Wildman–Crippen LogP) is 0.231. The lowest BCUT2D eigenvalue weighted by Crippen LogP contribution is -2.59. The molecule has 0 saturated carbocycles. The van der Waals surface area contributed by atoms with Crippen LogP contribution in [0.3, 0.4) is 0 Å². The first kappa shape index (κ1) is 23.2. The Kier molecular flexibility index (Phi) is 7.14. The third kappa shape index (κ3) is 4.83. The van der Waals surface area contributed by atoms with E-state index in [1.54, 1.807) is 35.2 Å². The van der Waals surface area contributed by atoms with Crippen LogP contribution in [0.4, 0.5) is 0 Å². The Morgan fingerprint density at radius 1 is 0.938 bits per heavy atom. The van der Waals surface area contributed by atoms with Crippen molar-refractivity contribution in [3.05, 3.63) is 30.3 Å². The fourth-order valence-corrected chi connectivity index (χ4v) is 6.06. The summed E-state index contributed by atoms with van der Waals surface area (Å²) in [4.78, 5) is 31.6. The molecule has 0 aliphatic carbocycles. The third-order valence-corrected chi connectivity index (χ3v) is 8.58. The Morgan fingerprint density at radius 3 is 2.16 bits per heavy atom. The van der Waals surface area contributed by atoms with E-state index in [2.05, 4.69) is 4.90 Å². The van der Waals surface area contributed by atoms with Crippen molar-refractivity contribution in [2.75, 3.05) is 59.0 Å². The second-order valence-electron chi connectivity index (χ2n) is 8.58. The fourth-order valence-electron chi connectivity index (χ4n) is 4.62. The average Bonchev–Trinajstić information content (AvgIpc) is 3.38. The highest BCUT2D eigenvalue weighted by Crippen LogP contribution is 2.19. The average molecular weight is 465 g/mol. The number of ether oxygens (including phenoxy) is 1. The van der Waals surface area contributed by atoms with Gasteiger partial charge in [-0.15, -0.1) is 0 Å². The molecular formula is C22H32N4O5S. The zero-order valence-corrected chi connectivity index (χ0v) is 19.4. The molecule has 0 bridgehead atoms. The highest BCUT2D eigenvalue weighted by atomic mass is 32.2. The first-order chi connectivity index (χ1) is 15.4. The van der Waals surface area contributed by atoms with E-state index in [1.165, 1.54) is 4.31 Å². The van der Waals surface area contributed by atoms with Gasteiger partial charge in [0.1, 0.15) is 6.10 Å². The number of benzene rings is 1. The minimum atomic E-state index is -3.54. The summed E-state index contributed by atoms with van der Waals surface area (Å²) in [5.74, 6) is 0.0811. The molecule has 2 amide bonds. The van der Waals surface area contributed by atoms with Crippen molar-refractivity contribution in [2.24, 2.45) is 0 Å². The lowest BCUT2D eigenvalue weighted by atomic mass is 10.1. The summed E-state index contributed by atoms with van der Waals surface area (Å²) in [5.41, 5.74) is 0. The molecule has 3 saturated heterocycles. The molecule has 3 aliphatic heterocycles. The first-order valence-electron chi connectivity index (χ1n) is 11.4. The summed E-state index contributed by atoms with van der Waals surface area (Å²) in [6, 6.07) is 8.10. The van der Waals surface area contributed by atoms with Crippen LogP contribution in [0, 0.1) is 0 Å². The molecule has 32 heavy (non-hydrogen) atoms. The molecule has 9 nitrogen and oxygen atoms in total. The van der Waals surface area contributed by atoms with E-state index in [1.807, 2.05) is 11.8 Å². The Labute approximate surface area is 189 Å². The van der Waals surface area contributed by atoms with Crippen LogP contribution in [0.15, 0.2) is 35.2 Å². The maximum absolute atomic E-state index is 13.1. The van der Waals surface area contributed by atoms with E-state index in [9.17, 15) is 18.0 Å². The van der Waals surface area contributed by atoms with E-state index in [0.717, 1.165) is 12.8 Å². The van der Waals surface area contributed by atoms with Gasteiger partial charge in [0.15, 0.2) is 0 Å². The SMILES string of the molecule is C[C@H](C(=O)N1CCN(S(=O)(=O)c2ccccc2)CC1)N1CCN(C(=O)[C@H]2CCCO2)CC1. The molecule has 1 aromatic carbocycles. The van der Waals surface area contributed by atoms with Crippen molar-refractivity contribution >= 4 is 21.8 Å². The molecular weight excluding hydrogens is 432 g/mol. The van der Waals surface area contributed by atoms with Crippen LogP contribution in [0.2, 0.25) is 0 Å². The molecule has 0 radical (unpaired) electrons. The number of carbonyl (C=O) groups is 2. The van der Waals surface area contributed by atoms with Crippen molar-refractivity contribution in [3.8, 4) is 0 Å². The van der Waals surface area contributed by atoms with Gasteiger partial charge in [0, 0.05) is 59.0 Å². The third-order valence-electron chi connectivity index (χ3n) is 6.67. The minimum Gasteiger partial charge on any atom is -0.368 e. The van der Waals surface area contributed by atoms with E-state index < -0.39 is 10.0 Å². The molecule has 0 N–H and O–H groups in total. The smallest absolute Gasteiger partial charge is 0.251 e. The van der Waals surface area contributed by atoms with Crippen LogP contribution in [-0.2, 0) is 24.3 Å². The van der Waals surface area contributed by atoms with Gasteiger partial charge in [-0.1, -0.05) is 18.2 Å². The van der Waals surface area contributed by atoms with Crippen molar-refractivity contribution in [1.29, 1.82) is 0 Å². The van der Waals surface area contributed by atoms with Crippen LogP contribution in [0.5, 0.6) is 0 Å². The fraction of sp³-hybridized carbons (Fsp3) is 0.636. The number of nitrogens with zero attached hydrogens (tertiary/aromatic N) is 4. The summed E-state index contributed by atoms with van der Waals surface area (Å²) in [7, 11) is -3.54. The number of carbonyl (C=O) groups excluding carboxylic acids is 2. The maximum Gasteiger partial charge on any atom is 0.251 e.